The molecule has 0 saturated heterocycles. The minimum Gasteiger partial charge on any atom is -0.382 e. The molecule has 23 heavy (non-hydrogen) atoms. The van der Waals surface area contributed by atoms with E-state index in [1.165, 1.54) is 16.6 Å². The third kappa shape index (κ3) is 3.43. The van der Waals surface area contributed by atoms with Crippen LogP contribution in [0.15, 0.2) is 30.3 Å². The van der Waals surface area contributed by atoms with Gasteiger partial charge in [-0.2, -0.15) is 4.52 Å². The third-order valence-corrected chi connectivity index (χ3v) is 3.20. The zero-order valence-electron chi connectivity index (χ0n) is 12.6. The van der Waals surface area contributed by atoms with Gasteiger partial charge in [-0.15, -0.1) is 5.10 Å². The second-order valence-electron chi connectivity index (χ2n) is 4.85. The summed E-state index contributed by atoms with van der Waals surface area (Å²) in [6, 6.07) is 7.76. The van der Waals surface area contributed by atoms with E-state index in [4.69, 9.17) is 15.2 Å². The highest BCUT2D eigenvalue weighted by atomic mass is 19.1. The van der Waals surface area contributed by atoms with Crippen LogP contribution in [0, 0.1) is 5.82 Å². The Morgan fingerprint density at radius 1 is 1.17 bits per heavy atom. The van der Waals surface area contributed by atoms with Gasteiger partial charge in [0, 0.05) is 18.7 Å². The maximum absolute atomic E-state index is 13.0. The van der Waals surface area contributed by atoms with Gasteiger partial charge < -0.3 is 15.2 Å². The first-order valence-corrected chi connectivity index (χ1v) is 7.02. The molecule has 0 atom stereocenters. The fourth-order valence-corrected chi connectivity index (χ4v) is 2.09. The molecule has 2 aromatic heterocycles. The number of rotatable bonds is 6. The molecule has 3 aromatic rings. The lowest BCUT2D eigenvalue weighted by atomic mass is 10.1. The SMILES string of the molecule is COCCOCc1nc2cc(-c3ccc(F)cc3)nc(N)n2n1. The van der Waals surface area contributed by atoms with E-state index in [2.05, 4.69) is 15.1 Å². The fraction of sp³-hybridized carbons (Fsp3) is 0.267. The highest BCUT2D eigenvalue weighted by Gasteiger charge is 2.10. The van der Waals surface area contributed by atoms with E-state index >= 15 is 0 Å². The van der Waals surface area contributed by atoms with Crippen molar-refractivity contribution in [2.24, 2.45) is 0 Å². The average molecular weight is 317 g/mol. The molecule has 8 heteroatoms. The molecule has 0 bridgehead atoms. The van der Waals surface area contributed by atoms with Gasteiger partial charge in [-0.1, -0.05) is 0 Å². The Labute approximate surface area is 131 Å². The van der Waals surface area contributed by atoms with Crippen molar-refractivity contribution in [3.8, 4) is 11.3 Å². The van der Waals surface area contributed by atoms with Gasteiger partial charge in [0.15, 0.2) is 11.5 Å². The van der Waals surface area contributed by atoms with Crippen molar-refractivity contribution < 1.29 is 13.9 Å². The minimum absolute atomic E-state index is 0.206. The van der Waals surface area contributed by atoms with Crippen molar-refractivity contribution >= 4 is 11.6 Å². The zero-order valence-corrected chi connectivity index (χ0v) is 12.6. The van der Waals surface area contributed by atoms with Crippen LogP contribution >= 0.6 is 0 Å². The number of nitrogen functional groups attached to an aromatic ring is 1. The van der Waals surface area contributed by atoms with E-state index in [1.807, 2.05) is 0 Å². The molecule has 2 N–H and O–H groups in total. The van der Waals surface area contributed by atoms with Crippen LogP contribution in [0.5, 0.6) is 0 Å². The van der Waals surface area contributed by atoms with Gasteiger partial charge in [0.25, 0.3) is 0 Å². The lowest BCUT2D eigenvalue weighted by Crippen LogP contribution is -2.04. The molecule has 0 aliphatic rings. The van der Waals surface area contributed by atoms with Crippen molar-refractivity contribution in [3.63, 3.8) is 0 Å². The van der Waals surface area contributed by atoms with Gasteiger partial charge in [-0.25, -0.2) is 14.4 Å². The monoisotopic (exact) mass is 317 g/mol. The standard InChI is InChI=1S/C15H16FN5O2/c1-22-6-7-23-9-13-19-14-8-12(18-15(17)21(14)20-13)10-2-4-11(16)5-3-10/h2-5,8H,6-7,9H2,1H3,(H2,17,18). The summed E-state index contributed by atoms with van der Waals surface area (Å²) in [6.45, 7) is 1.22. The number of nitrogens with zero attached hydrogens (tertiary/aromatic N) is 4. The number of fused-ring (bicyclic) bond motifs is 1. The largest absolute Gasteiger partial charge is 0.382 e. The maximum Gasteiger partial charge on any atom is 0.223 e. The van der Waals surface area contributed by atoms with E-state index in [0.29, 0.717) is 30.4 Å². The lowest BCUT2D eigenvalue weighted by Gasteiger charge is -2.03. The van der Waals surface area contributed by atoms with Crippen LogP contribution < -0.4 is 5.73 Å². The van der Waals surface area contributed by atoms with Crippen molar-refractivity contribution in [1.82, 2.24) is 19.6 Å². The summed E-state index contributed by atoms with van der Waals surface area (Å²) in [5.74, 6) is 0.407. The first-order chi connectivity index (χ1) is 11.2. The van der Waals surface area contributed by atoms with Crippen molar-refractivity contribution in [3.05, 3.63) is 42.0 Å². The second kappa shape index (κ2) is 6.67. The predicted octanol–water partition coefficient (Wildman–Crippen LogP) is 1.68. The average Bonchev–Trinajstić information content (AvgIpc) is 2.96. The van der Waals surface area contributed by atoms with Crippen molar-refractivity contribution in [2.75, 3.05) is 26.1 Å². The number of aromatic nitrogens is 4. The van der Waals surface area contributed by atoms with E-state index in [9.17, 15) is 4.39 Å². The molecule has 120 valence electrons. The number of halogens is 1. The van der Waals surface area contributed by atoms with Gasteiger partial charge in [0.1, 0.15) is 12.4 Å². The highest BCUT2D eigenvalue weighted by molar-refractivity contribution is 5.65. The molecular weight excluding hydrogens is 301 g/mol. The molecule has 0 saturated carbocycles. The van der Waals surface area contributed by atoms with Crippen LogP contribution in [-0.2, 0) is 16.1 Å². The smallest absolute Gasteiger partial charge is 0.223 e. The summed E-state index contributed by atoms with van der Waals surface area (Å²) in [4.78, 5) is 8.65. The summed E-state index contributed by atoms with van der Waals surface area (Å²) < 4.78 is 24.8. The van der Waals surface area contributed by atoms with Crippen LogP contribution in [0.1, 0.15) is 5.82 Å². The molecule has 1 aromatic carbocycles. The number of nitrogens with two attached hydrogens (primary N) is 1. The Bertz CT molecular complexity index is 803. The topological polar surface area (TPSA) is 87.6 Å². The quantitative estimate of drug-likeness (QED) is 0.696. The summed E-state index contributed by atoms with van der Waals surface area (Å²) >= 11 is 0. The molecule has 0 fully saturated rings. The number of hydrogen-bond donors (Lipinski definition) is 1. The molecule has 7 nitrogen and oxygen atoms in total. The van der Waals surface area contributed by atoms with Crippen molar-refractivity contribution in [2.45, 2.75) is 6.61 Å². The Hall–Kier alpha value is -2.58. The van der Waals surface area contributed by atoms with Crippen LogP contribution in [0.2, 0.25) is 0 Å². The molecule has 2 heterocycles. The van der Waals surface area contributed by atoms with Crippen LogP contribution in [-0.4, -0.2) is 39.9 Å². The Morgan fingerprint density at radius 3 is 2.70 bits per heavy atom. The summed E-state index contributed by atoms with van der Waals surface area (Å²) in [5, 5.41) is 4.25. The van der Waals surface area contributed by atoms with Gasteiger partial charge >= 0.3 is 0 Å². The zero-order chi connectivity index (χ0) is 16.2. The fourth-order valence-electron chi connectivity index (χ4n) is 2.09. The van der Waals surface area contributed by atoms with Gasteiger partial charge in [0.2, 0.25) is 5.95 Å². The third-order valence-electron chi connectivity index (χ3n) is 3.20. The number of hydrogen-bond acceptors (Lipinski definition) is 6. The lowest BCUT2D eigenvalue weighted by molar-refractivity contribution is 0.0587. The Kier molecular flexibility index (Phi) is 4.45. The Morgan fingerprint density at radius 2 is 1.96 bits per heavy atom. The van der Waals surface area contributed by atoms with E-state index < -0.39 is 0 Å². The highest BCUT2D eigenvalue weighted by Crippen LogP contribution is 2.20. The molecule has 0 unspecified atom stereocenters. The van der Waals surface area contributed by atoms with Crippen molar-refractivity contribution in [1.29, 1.82) is 0 Å². The molecule has 0 radical (unpaired) electrons. The number of methoxy groups -OCH3 is 1. The molecule has 3 rings (SSSR count). The minimum atomic E-state index is -0.305. The molecule has 0 aliphatic heterocycles. The maximum atomic E-state index is 13.0. The number of anilines is 1. The van der Waals surface area contributed by atoms with Gasteiger partial charge in [0.05, 0.1) is 18.9 Å². The Balaban J connectivity index is 1.87. The van der Waals surface area contributed by atoms with Gasteiger partial charge in [-0.3, -0.25) is 0 Å². The van der Waals surface area contributed by atoms with E-state index in [1.54, 1.807) is 25.3 Å². The summed E-state index contributed by atoms with van der Waals surface area (Å²) in [7, 11) is 1.61. The van der Waals surface area contributed by atoms with Crippen LogP contribution in [0.3, 0.4) is 0 Å². The first-order valence-electron chi connectivity index (χ1n) is 7.02. The molecule has 0 spiro atoms. The number of benzene rings is 1. The molecule has 0 amide bonds. The summed E-state index contributed by atoms with van der Waals surface area (Å²) in [5.41, 5.74) is 7.84. The van der Waals surface area contributed by atoms with Crippen LogP contribution in [0.25, 0.3) is 16.9 Å². The normalized spacial score (nSPS) is 11.2. The van der Waals surface area contributed by atoms with E-state index in [-0.39, 0.29) is 18.4 Å². The molecular formula is C15H16FN5O2. The van der Waals surface area contributed by atoms with Gasteiger partial charge in [-0.05, 0) is 24.3 Å². The first kappa shape index (κ1) is 15.3. The molecule has 0 aliphatic carbocycles. The van der Waals surface area contributed by atoms with E-state index in [0.717, 1.165) is 5.56 Å². The number of ether oxygens (including phenoxy) is 2. The van der Waals surface area contributed by atoms with Crippen LogP contribution in [0.4, 0.5) is 10.3 Å². The second-order valence-corrected chi connectivity index (χ2v) is 4.85. The summed E-state index contributed by atoms with van der Waals surface area (Å²) in [6.07, 6.45) is 0. The predicted molar refractivity (Wildman–Crippen MR) is 82.1 cm³/mol.